The normalized spacial score (nSPS) is 15.2. The smallest absolute Gasteiger partial charge is 0.250 e. The highest BCUT2D eigenvalue weighted by atomic mass is 32.2. The molecule has 1 unspecified atom stereocenters. The Morgan fingerprint density at radius 1 is 1.12 bits per heavy atom. The van der Waals surface area contributed by atoms with E-state index in [1.165, 1.54) is 12.5 Å². The number of benzene rings is 1. The molecule has 8 nitrogen and oxygen atoms in total. The first kappa shape index (κ1) is 22.6. The molecule has 32 heavy (non-hydrogen) atoms. The summed E-state index contributed by atoms with van der Waals surface area (Å²) in [5.74, 6) is 1.14. The van der Waals surface area contributed by atoms with E-state index >= 15 is 0 Å². The molecule has 170 valence electrons. The molecule has 10 heteroatoms. The van der Waals surface area contributed by atoms with Crippen LogP contribution in [0.4, 0.5) is 5.69 Å². The van der Waals surface area contributed by atoms with Crippen LogP contribution >= 0.6 is 11.3 Å². The highest BCUT2D eigenvalue weighted by Crippen LogP contribution is 2.25. The van der Waals surface area contributed by atoms with E-state index in [0.29, 0.717) is 5.69 Å². The number of sulfonamides is 1. The molecule has 2 N–H and O–H groups in total. The number of rotatable bonds is 7. The SMILES string of the molecule is CC(C)C(NS(=O)(=O)c1cccs1)C(=O)Nc1cccc(-c2nnc3n2CCCCC3)c1. The number of thiophene rings is 1. The van der Waals surface area contributed by atoms with E-state index in [-0.39, 0.29) is 10.1 Å². The first-order chi connectivity index (χ1) is 15.3. The average Bonchev–Trinajstić information content (AvgIpc) is 3.38. The van der Waals surface area contributed by atoms with Gasteiger partial charge in [-0.2, -0.15) is 4.72 Å². The maximum atomic E-state index is 13.0. The van der Waals surface area contributed by atoms with Crippen molar-refractivity contribution >= 4 is 33.0 Å². The predicted octanol–water partition coefficient (Wildman–Crippen LogP) is 3.67. The van der Waals surface area contributed by atoms with Crippen LogP contribution in [0.1, 0.15) is 38.9 Å². The van der Waals surface area contributed by atoms with Crippen molar-refractivity contribution < 1.29 is 13.2 Å². The van der Waals surface area contributed by atoms with Crippen molar-refractivity contribution in [3.05, 3.63) is 47.6 Å². The Morgan fingerprint density at radius 2 is 1.97 bits per heavy atom. The van der Waals surface area contributed by atoms with Gasteiger partial charge in [0.05, 0.1) is 0 Å². The third-order valence-corrected chi connectivity index (χ3v) is 8.33. The summed E-state index contributed by atoms with van der Waals surface area (Å²) in [6.07, 6.45) is 4.31. The Kier molecular flexibility index (Phi) is 6.73. The number of hydrogen-bond donors (Lipinski definition) is 2. The van der Waals surface area contributed by atoms with E-state index in [9.17, 15) is 13.2 Å². The fraction of sp³-hybridized carbons (Fsp3) is 0.409. The quantitative estimate of drug-likeness (QED) is 0.545. The van der Waals surface area contributed by atoms with Gasteiger partial charge >= 0.3 is 0 Å². The molecule has 0 fully saturated rings. The molecule has 1 aliphatic heterocycles. The number of aromatic nitrogens is 3. The monoisotopic (exact) mass is 473 g/mol. The summed E-state index contributed by atoms with van der Waals surface area (Å²) in [5, 5.41) is 13.3. The van der Waals surface area contributed by atoms with Gasteiger partial charge in [-0.1, -0.05) is 38.5 Å². The molecule has 1 amide bonds. The molecule has 4 rings (SSSR count). The van der Waals surface area contributed by atoms with Crippen molar-refractivity contribution in [2.45, 2.75) is 56.3 Å². The molecular formula is C22H27N5O3S2. The highest BCUT2D eigenvalue weighted by molar-refractivity contribution is 7.91. The maximum absolute atomic E-state index is 13.0. The van der Waals surface area contributed by atoms with Gasteiger partial charge in [0.25, 0.3) is 10.0 Å². The Balaban J connectivity index is 1.54. The van der Waals surface area contributed by atoms with Crippen molar-refractivity contribution in [1.82, 2.24) is 19.5 Å². The zero-order chi connectivity index (χ0) is 22.7. The lowest BCUT2D eigenvalue weighted by atomic mass is 10.0. The summed E-state index contributed by atoms with van der Waals surface area (Å²) in [6, 6.07) is 9.71. The number of aryl methyl sites for hydroxylation is 1. The molecule has 1 atom stereocenters. The standard InChI is InChI=1S/C22H27N5O3S2/c1-15(2)20(26-32(29,30)19-11-7-13-31-19)22(28)23-17-9-6-8-16(14-17)21-25-24-18-10-4-3-5-12-27(18)21/h6-9,11,13-15,20,26H,3-5,10,12H2,1-2H3,(H,23,28). The maximum Gasteiger partial charge on any atom is 0.250 e. The van der Waals surface area contributed by atoms with E-state index in [0.717, 1.165) is 54.4 Å². The fourth-order valence-electron chi connectivity index (χ4n) is 3.79. The van der Waals surface area contributed by atoms with Gasteiger partial charge < -0.3 is 9.88 Å². The minimum atomic E-state index is -3.77. The summed E-state index contributed by atoms with van der Waals surface area (Å²) in [4.78, 5) is 13.0. The van der Waals surface area contributed by atoms with Crippen molar-refractivity contribution in [2.75, 3.05) is 5.32 Å². The minimum Gasteiger partial charge on any atom is -0.325 e. The third-order valence-electron chi connectivity index (χ3n) is 5.49. The Labute approximate surface area is 192 Å². The fourth-order valence-corrected chi connectivity index (χ4v) is 6.14. The second-order valence-corrected chi connectivity index (χ2v) is 11.1. The molecule has 3 aromatic rings. The molecule has 1 aromatic carbocycles. The van der Waals surface area contributed by atoms with Crippen molar-refractivity contribution in [3.8, 4) is 11.4 Å². The van der Waals surface area contributed by atoms with Gasteiger partial charge in [-0.05, 0) is 42.3 Å². The minimum absolute atomic E-state index is 0.186. The lowest BCUT2D eigenvalue weighted by molar-refractivity contribution is -0.118. The molecule has 0 saturated heterocycles. The van der Waals surface area contributed by atoms with Gasteiger partial charge in [-0.15, -0.1) is 21.5 Å². The Morgan fingerprint density at radius 3 is 2.72 bits per heavy atom. The zero-order valence-corrected chi connectivity index (χ0v) is 19.7. The molecular weight excluding hydrogens is 446 g/mol. The largest absolute Gasteiger partial charge is 0.325 e. The lowest BCUT2D eigenvalue weighted by Crippen LogP contribution is -2.46. The number of hydrogen-bond acceptors (Lipinski definition) is 6. The van der Waals surface area contributed by atoms with Crippen LogP contribution in [0, 0.1) is 5.92 Å². The summed E-state index contributed by atoms with van der Waals surface area (Å²) in [5.41, 5.74) is 1.45. The predicted molar refractivity (Wildman–Crippen MR) is 125 cm³/mol. The topological polar surface area (TPSA) is 106 Å². The van der Waals surface area contributed by atoms with Crippen LogP contribution in [-0.2, 0) is 27.8 Å². The molecule has 0 bridgehead atoms. The van der Waals surface area contributed by atoms with Crippen molar-refractivity contribution in [3.63, 3.8) is 0 Å². The second-order valence-electron chi connectivity index (χ2n) is 8.25. The lowest BCUT2D eigenvalue weighted by Gasteiger charge is -2.21. The first-order valence-corrected chi connectivity index (χ1v) is 13.1. The van der Waals surface area contributed by atoms with Gasteiger partial charge in [0.15, 0.2) is 5.82 Å². The molecule has 1 aliphatic rings. The van der Waals surface area contributed by atoms with Crippen LogP contribution in [0.25, 0.3) is 11.4 Å². The number of anilines is 1. The third kappa shape index (κ3) is 4.92. The molecule has 0 aliphatic carbocycles. The first-order valence-electron chi connectivity index (χ1n) is 10.7. The average molecular weight is 474 g/mol. The molecule has 3 heterocycles. The number of carbonyl (C=O) groups is 1. The van der Waals surface area contributed by atoms with Crippen molar-refractivity contribution in [1.29, 1.82) is 0 Å². The Hall–Kier alpha value is -2.56. The van der Waals surface area contributed by atoms with Crippen LogP contribution in [-0.4, -0.2) is 35.1 Å². The summed E-state index contributed by atoms with van der Waals surface area (Å²) in [6.45, 7) is 4.50. The van der Waals surface area contributed by atoms with E-state index in [1.54, 1.807) is 17.5 Å². The van der Waals surface area contributed by atoms with Crippen LogP contribution < -0.4 is 10.0 Å². The number of fused-ring (bicyclic) bond motifs is 1. The van der Waals surface area contributed by atoms with Crippen LogP contribution in [0.3, 0.4) is 0 Å². The Bertz CT molecular complexity index is 1190. The zero-order valence-electron chi connectivity index (χ0n) is 18.1. The van der Waals surface area contributed by atoms with Gasteiger partial charge in [-0.3, -0.25) is 4.79 Å². The molecule has 0 radical (unpaired) electrons. The van der Waals surface area contributed by atoms with Gasteiger partial charge in [0, 0.05) is 24.2 Å². The van der Waals surface area contributed by atoms with Crippen molar-refractivity contribution in [2.24, 2.45) is 5.92 Å². The second kappa shape index (κ2) is 9.51. The number of carbonyl (C=O) groups excluding carboxylic acids is 1. The van der Waals surface area contributed by atoms with E-state index in [4.69, 9.17) is 0 Å². The van der Waals surface area contributed by atoms with Crippen LogP contribution in [0.15, 0.2) is 46.0 Å². The van der Waals surface area contributed by atoms with E-state index in [1.807, 2.05) is 32.0 Å². The van der Waals surface area contributed by atoms with E-state index in [2.05, 4.69) is 24.8 Å². The number of amides is 1. The molecule has 2 aromatic heterocycles. The van der Waals surface area contributed by atoms with Crippen LogP contribution in [0.5, 0.6) is 0 Å². The molecule has 0 saturated carbocycles. The van der Waals surface area contributed by atoms with E-state index < -0.39 is 22.0 Å². The number of nitrogens with one attached hydrogen (secondary N) is 2. The van der Waals surface area contributed by atoms with Gasteiger partial charge in [0.1, 0.15) is 16.1 Å². The summed E-state index contributed by atoms with van der Waals surface area (Å²) >= 11 is 1.11. The summed E-state index contributed by atoms with van der Waals surface area (Å²) in [7, 11) is -3.77. The molecule has 0 spiro atoms. The van der Waals surface area contributed by atoms with Gasteiger partial charge in [-0.25, -0.2) is 8.42 Å². The number of nitrogens with zero attached hydrogens (tertiary/aromatic N) is 3. The highest BCUT2D eigenvalue weighted by Gasteiger charge is 2.29. The van der Waals surface area contributed by atoms with Crippen LogP contribution in [0.2, 0.25) is 0 Å². The summed E-state index contributed by atoms with van der Waals surface area (Å²) < 4.78 is 30.2. The van der Waals surface area contributed by atoms with Gasteiger partial charge in [0.2, 0.25) is 5.91 Å².